The number of para-hydroxylation sites is 1. The maximum Gasteiger partial charge on any atom is 0.258 e. The highest BCUT2D eigenvalue weighted by atomic mass is 79.9. The van der Waals surface area contributed by atoms with Crippen LogP contribution in [0.4, 0.5) is 17.3 Å². The molecule has 0 unspecified atom stereocenters. The largest absolute Gasteiger partial charge is 0.322 e. The number of rotatable bonds is 4. The van der Waals surface area contributed by atoms with Crippen molar-refractivity contribution >= 4 is 39.2 Å². The van der Waals surface area contributed by atoms with Crippen molar-refractivity contribution in [1.29, 1.82) is 0 Å². The van der Waals surface area contributed by atoms with E-state index >= 15 is 0 Å². The van der Waals surface area contributed by atoms with Crippen molar-refractivity contribution in [2.24, 2.45) is 0 Å². The second kappa shape index (κ2) is 7.44. The third-order valence-corrected chi connectivity index (χ3v) is 4.63. The van der Waals surface area contributed by atoms with Crippen molar-refractivity contribution in [2.75, 3.05) is 17.3 Å². The van der Waals surface area contributed by atoms with Crippen LogP contribution in [0.25, 0.3) is 0 Å². The van der Waals surface area contributed by atoms with Crippen LogP contribution in [0.15, 0.2) is 65.4 Å². The van der Waals surface area contributed by atoms with Gasteiger partial charge in [0.1, 0.15) is 0 Å². The van der Waals surface area contributed by atoms with Crippen LogP contribution in [-0.2, 0) is 0 Å². The van der Waals surface area contributed by atoms with E-state index in [1.54, 1.807) is 0 Å². The fourth-order valence-electron chi connectivity index (χ4n) is 2.25. The Labute approximate surface area is 154 Å². The normalized spacial score (nSPS) is 10.4. The number of carbonyl (C=O) groups excluding carboxylic acids is 1. The van der Waals surface area contributed by atoms with Gasteiger partial charge >= 0.3 is 0 Å². The maximum atomic E-state index is 12.3. The van der Waals surface area contributed by atoms with Gasteiger partial charge in [-0.15, -0.1) is 0 Å². The minimum Gasteiger partial charge on any atom is -0.322 e. The highest BCUT2D eigenvalue weighted by Crippen LogP contribution is 2.22. The van der Waals surface area contributed by atoms with Crippen LogP contribution in [0.2, 0.25) is 0 Å². The van der Waals surface area contributed by atoms with Gasteiger partial charge < -0.3 is 10.2 Å². The summed E-state index contributed by atoms with van der Waals surface area (Å²) in [5.41, 5.74) is 3.20. The minimum atomic E-state index is -0.246. The molecule has 0 saturated carbocycles. The van der Waals surface area contributed by atoms with Crippen LogP contribution >= 0.6 is 15.9 Å². The van der Waals surface area contributed by atoms with Gasteiger partial charge in [0.25, 0.3) is 5.91 Å². The molecule has 0 aliphatic rings. The number of amides is 1. The molecular weight excluding hydrogens is 380 g/mol. The number of aromatic nitrogens is 2. The Bertz CT molecular complexity index is 882. The lowest BCUT2D eigenvalue weighted by molar-refractivity contribution is 0.102. The summed E-state index contributed by atoms with van der Waals surface area (Å²) in [7, 11) is 1.88. The van der Waals surface area contributed by atoms with Crippen LogP contribution in [-0.4, -0.2) is 22.9 Å². The first-order chi connectivity index (χ1) is 12.0. The standard InChI is InChI=1S/C19H17BrN4O/c1-13-8-9-15(10-17(13)20)23-18(25)14-11-21-19(22-12-14)24(2)16-6-4-3-5-7-16/h3-12H,1-2H3,(H,23,25). The summed E-state index contributed by atoms with van der Waals surface area (Å²) >= 11 is 3.46. The van der Waals surface area contributed by atoms with Gasteiger partial charge in [-0.25, -0.2) is 9.97 Å². The van der Waals surface area contributed by atoms with Crippen molar-refractivity contribution in [3.8, 4) is 0 Å². The van der Waals surface area contributed by atoms with Gasteiger partial charge in [0, 0.05) is 35.3 Å². The Morgan fingerprint density at radius 3 is 2.40 bits per heavy atom. The number of halogens is 1. The monoisotopic (exact) mass is 396 g/mol. The molecule has 3 aromatic rings. The zero-order valence-electron chi connectivity index (χ0n) is 13.9. The quantitative estimate of drug-likeness (QED) is 0.701. The summed E-state index contributed by atoms with van der Waals surface area (Å²) in [5.74, 6) is 0.283. The zero-order valence-corrected chi connectivity index (χ0v) is 15.5. The van der Waals surface area contributed by atoms with Crippen molar-refractivity contribution in [1.82, 2.24) is 9.97 Å². The molecule has 1 aromatic heterocycles. The molecule has 1 heterocycles. The topological polar surface area (TPSA) is 58.1 Å². The molecule has 0 saturated heterocycles. The average Bonchev–Trinajstić information content (AvgIpc) is 2.65. The first-order valence-corrected chi connectivity index (χ1v) is 8.52. The molecule has 0 aliphatic heterocycles. The fourth-order valence-corrected chi connectivity index (χ4v) is 2.63. The first kappa shape index (κ1) is 17.1. The molecule has 0 bridgehead atoms. The van der Waals surface area contributed by atoms with Crippen LogP contribution in [0.5, 0.6) is 0 Å². The Hall–Kier alpha value is -2.73. The molecule has 0 atom stereocenters. The lowest BCUT2D eigenvalue weighted by atomic mass is 10.2. The number of anilines is 3. The number of nitrogens with one attached hydrogen (secondary N) is 1. The molecular formula is C19H17BrN4O. The van der Waals surface area contributed by atoms with E-state index in [4.69, 9.17) is 0 Å². The average molecular weight is 397 g/mol. The van der Waals surface area contributed by atoms with Crippen molar-refractivity contribution in [2.45, 2.75) is 6.92 Å². The molecule has 3 rings (SSSR count). The smallest absolute Gasteiger partial charge is 0.258 e. The predicted octanol–water partition coefficient (Wildman–Crippen LogP) is 4.57. The molecule has 6 heteroatoms. The van der Waals surface area contributed by atoms with Gasteiger partial charge in [-0.1, -0.05) is 40.2 Å². The summed E-state index contributed by atoms with van der Waals surface area (Å²) in [5, 5.41) is 2.84. The van der Waals surface area contributed by atoms with Gasteiger partial charge in [0.2, 0.25) is 5.95 Å². The molecule has 5 nitrogen and oxygen atoms in total. The number of nitrogens with zero attached hydrogens (tertiary/aromatic N) is 3. The Balaban J connectivity index is 1.73. The van der Waals surface area contributed by atoms with Gasteiger partial charge in [0.05, 0.1) is 5.56 Å². The number of hydrogen-bond acceptors (Lipinski definition) is 4. The van der Waals surface area contributed by atoms with E-state index in [0.29, 0.717) is 17.2 Å². The molecule has 1 amide bonds. The van der Waals surface area contributed by atoms with Gasteiger partial charge in [-0.2, -0.15) is 0 Å². The number of hydrogen-bond donors (Lipinski definition) is 1. The van der Waals surface area contributed by atoms with Gasteiger partial charge in [-0.05, 0) is 36.8 Å². The molecule has 2 aromatic carbocycles. The molecule has 1 N–H and O–H groups in total. The molecule has 0 radical (unpaired) electrons. The van der Waals surface area contributed by atoms with Crippen LogP contribution in [0, 0.1) is 6.92 Å². The van der Waals surface area contributed by atoms with E-state index in [-0.39, 0.29) is 5.91 Å². The van der Waals surface area contributed by atoms with Crippen LogP contribution < -0.4 is 10.2 Å². The first-order valence-electron chi connectivity index (χ1n) is 7.73. The number of carbonyl (C=O) groups is 1. The molecule has 0 fully saturated rings. The Morgan fingerprint density at radius 1 is 1.08 bits per heavy atom. The van der Waals surface area contributed by atoms with Gasteiger partial charge in [-0.3, -0.25) is 4.79 Å². The molecule has 25 heavy (non-hydrogen) atoms. The summed E-state index contributed by atoms with van der Waals surface area (Å²) in [4.78, 5) is 22.8. The lowest BCUT2D eigenvalue weighted by Gasteiger charge is -2.16. The van der Waals surface area contributed by atoms with Crippen molar-refractivity contribution in [3.05, 3.63) is 76.5 Å². The van der Waals surface area contributed by atoms with E-state index in [2.05, 4.69) is 31.2 Å². The predicted molar refractivity (Wildman–Crippen MR) is 103 cm³/mol. The second-order valence-corrected chi connectivity index (χ2v) is 6.44. The highest BCUT2D eigenvalue weighted by Gasteiger charge is 2.11. The summed E-state index contributed by atoms with van der Waals surface area (Å²) in [6, 6.07) is 15.5. The number of aryl methyl sites for hydroxylation is 1. The Kier molecular flexibility index (Phi) is 5.09. The Morgan fingerprint density at radius 2 is 1.76 bits per heavy atom. The summed E-state index contributed by atoms with van der Waals surface area (Å²) < 4.78 is 0.946. The molecule has 0 aliphatic carbocycles. The van der Waals surface area contributed by atoms with Crippen LogP contribution in [0.1, 0.15) is 15.9 Å². The molecule has 0 spiro atoms. The summed E-state index contributed by atoms with van der Waals surface area (Å²) in [6.07, 6.45) is 3.06. The fraction of sp³-hybridized carbons (Fsp3) is 0.105. The zero-order chi connectivity index (χ0) is 17.8. The molecule has 126 valence electrons. The van der Waals surface area contributed by atoms with E-state index in [1.807, 2.05) is 67.4 Å². The maximum absolute atomic E-state index is 12.3. The SMILES string of the molecule is Cc1ccc(NC(=O)c2cnc(N(C)c3ccccc3)nc2)cc1Br. The van der Waals surface area contributed by atoms with Crippen LogP contribution in [0.3, 0.4) is 0 Å². The van der Waals surface area contributed by atoms with E-state index < -0.39 is 0 Å². The van der Waals surface area contributed by atoms with E-state index in [0.717, 1.165) is 15.7 Å². The number of benzene rings is 2. The second-order valence-electron chi connectivity index (χ2n) is 5.58. The highest BCUT2D eigenvalue weighted by molar-refractivity contribution is 9.10. The van der Waals surface area contributed by atoms with E-state index in [1.165, 1.54) is 12.4 Å². The van der Waals surface area contributed by atoms with E-state index in [9.17, 15) is 4.79 Å². The lowest BCUT2D eigenvalue weighted by Crippen LogP contribution is -2.16. The third-order valence-electron chi connectivity index (χ3n) is 3.77. The minimum absolute atomic E-state index is 0.246. The third kappa shape index (κ3) is 4.03. The van der Waals surface area contributed by atoms with Crippen molar-refractivity contribution < 1.29 is 4.79 Å². The van der Waals surface area contributed by atoms with Crippen molar-refractivity contribution in [3.63, 3.8) is 0 Å². The van der Waals surface area contributed by atoms with Gasteiger partial charge in [0.15, 0.2) is 0 Å². The summed E-state index contributed by atoms with van der Waals surface area (Å²) in [6.45, 7) is 1.99.